The first-order valence-electron chi connectivity index (χ1n) is 15.8. The smallest absolute Gasteiger partial charge is 0.255 e. The van der Waals surface area contributed by atoms with Crippen LogP contribution in [-0.2, 0) is 18.5 Å². The van der Waals surface area contributed by atoms with Crippen LogP contribution in [0, 0.1) is 0 Å². The molecule has 0 radical (unpaired) electrons. The van der Waals surface area contributed by atoms with Crippen molar-refractivity contribution in [2.45, 2.75) is 18.5 Å². The molecule has 7 aromatic rings. The van der Waals surface area contributed by atoms with E-state index in [9.17, 15) is 9.59 Å². The number of imidazole rings is 1. The number of Topliss-reactive ketones (excluding diaryl/α,β-unsaturated/α-hetero) is 1. The van der Waals surface area contributed by atoms with Crippen molar-refractivity contribution >= 4 is 5.78 Å². The lowest BCUT2D eigenvalue weighted by atomic mass is 9.77. The summed E-state index contributed by atoms with van der Waals surface area (Å²) in [7, 11) is 0. The molecule has 0 aliphatic rings. The van der Waals surface area contributed by atoms with Crippen molar-refractivity contribution in [3.8, 4) is 5.69 Å². The van der Waals surface area contributed by atoms with Gasteiger partial charge in [0, 0.05) is 46.6 Å². The zero-order chi connectivity index (χ0) is 32.1. The van der Waals surface area contributed by atoms with Crippen molar-refractivity contribution in [1.82, 2.24) is 9.13 Å². The van der Waals surface area contributed by atoms with E-state index < -0.39 is 5.54 Å². The highest BCUT2D eigenvalue weighted by Crippen LogP contribution is 2.36. The van der Waals surface area contributed by atoms with E-state index in [0.29, 0.717) is 12.0 Å². The van der Waals surface area contributed by atoms with E-state index in [1.165, 1.54) is 6.07 Å². The number of para-hydroxylation sites is 1. The van der Waals surface area contributed by atoms with Crippen LogP contribution in [0.2, 0.25) is 0 Å². The van der Waals surface area contributed by atoms with Crippen molar-refractivity contribution in [2.24, 2.45) is 0 Å². The second kappa shape index (κ2) is 13.1. The third-order valence-electron chi connectivity index (χ3n) is 8.70. The topological polar surface area (TPSA) is 47.9 Å². The molecule has 0 unspecified atom stereocenters. The van der Waals surface area contributed by atoms with E-state index in [1.807, 2.05) is 77.6 Å². The fourth-order valence-corrected chi connectivity index (χ4v) is 6.46. The predicted molar refractivity (Wildman–Crippen MR) is 185 cm³/mol. The van der Waals surface area contributed by atoms with Gasteiger partial charge in [-0.05, 0) is 23.8 Å². The highest BCUT2D eigenvalue weighted by Gasteiger charge is 2.43. The van der Waals surface area contributed by atoms with Gasteiger partial charge < -0.3 is 0 Å². The summed E-state index contributed by atoms with van der Waals surface area (Å²) >= 11 is 0. The van der Waals surface area contributed by atoms with E-state index in [2.05, 4.69) is 95.7 Å². The van der Waals surface area contributed by atoms with Gasteiger partial charge in [0.05, 0.1) is 0 Å². The summed E-state index contributed by atoms with van der Waals surface area (Å²) < 4.78 is 5.82. The Bertz CT molecular complexity index is 2060. The number of carbonyl (C=O) groups excluding carboxylic acids is 1. The predicted octanol–water partition coefficient (Wildman–Crippen LogP) is 7.24. The molecule has 5 nitrogen and oxygen atoms in total. The van der Waals surface area contributed by atoms with Crippen molar-refractivity contribution < 1.29 is 9.36 Å². The van der Waals surface area contributed by atoms with Crippen LogP contribution in [0.25, 0.3) is 5.69 Å². The molecule has 0 N–H and O–H groups in total. The Morgan fingerprint density at radius 2 is 1.11 bits per heavy atom. The summed E-state index contributed by atoms with van der Waals surface area (Å²) in [4.78, 5) is 27.0. The van der Waals surface area contributed by atoms with E-state index in [0.717, 1.165) is 33.6 Å². The Hall–Kier alpha value is -6.07. The number of carbonyl (C=O) groups is 1. The number of pyridine rings is 1. The lowest BCUT2D eigenvalue weighted by molar-refractivity contribution is -0.734. The van der Waals surface area contributed by atoms with Crippen LogP contribution in [0.5, 0.6) is 0 Å². The molecule has 2 heterocycles. The first-order chi connectivity index (χ1) is 23.1. The molecular formula is C42H34N3O2+. The number of ketones is 1. The Kier molecular flexibility index (Phi) is 8.27. The first kappa shape index (κ1) is 29.6. The maximum Gasteiger partial charge on any atom is 0.255 e. The molecule has 0 aliphatic carbocycles. The third-order valence-corrected chi connectivity index (χ3v) is 8.70. The van der Waals surface area contributed by atoms with E-state index in [1.54, 1.807) is 16.8 Å². The normalized spacial score (nSPS) is 11.3. The maximum absolute atomic E-state index is 13.9. The van der Waals surface area contributed by atoms with E-state index >= 15 is 0 Å². The van der Waals surface area contributed by atoms with Gasteiger partial charge in [0.2, 0.25) is 12.1 Å². The number of aromatic nitrogens is 3. The van der Waals surface area contributed by atoms with Gasteiger partial charge in [-0.25, -0.2) is 9.13 Å². The van der Waals surface area contributed by atoms with Gasteiger partial charge in [-0.1, -0.05) is 140 Å². The minimum atomic E-state index is -0.723. The summed E-state index contributed by atoms with van der Waals surface area (Å²) in [6.07, 6.45) is 6.52. The van der Waals surface area contributed by atoms with Gasteiger partial charge in [0.15, 0.2) is 12.1 Å². The number of nitrogens with zero attached hydrogens (tertiary/aromatic N) is 3. The van der Waals surface area contributed by atoms with Crippen molar-refractivity contribution in [2.75, 3.05) is 0 Å². The Morgan fingerprint density at radius 1 is 0.617 bits per heavy atom. The molecule has 228 valence electrons. The second-order valence-corrected chi connectivity index (χ2v) is 11.6. The van der Waals surface area contributed by atoms with Crippen LogP contribution in [0.15, 0.2) is 187 Å². The van der Waals surface area contributed by atoms with Crippen molar-refractivity contribution in [1.29, 1.82) is 0 Å². The fraction of sp³-hybridized carbons (Fsp3) is 0.0714. The number of hydrogen-bond donors (Lipinski definition) is 0. The standard InChI is InChI=1S/C42H34N3O2/c46-40(34-26-27-45(41(47)29-34)38-24-14-5-15-25-38)31-43-32-44(30-39(43)28-33-16-6-1-7-17-33)42(35-18-8-2-9-19-35,36-20-10-3-11-21-36)37-22-12-4-13-23-37/h1-27,29-30,32H,28,31H2/q+1. The van der Waals surface area contributed by atoms with Crippen molar-refractivity contribution in [3.05, 3.63) is 226 Å². The first-order valence-corrected chi connectivity index (χ1v) is 15.8. The lowest BCUT2D eigenvalue weighted by Crippen LogP contribution is -2.57. The summed E-state index contributed by atoms with van der Waals surface area (Å²) in [6, 6.07) is 54.3. The summed E-state index contributed by atoms with van der Waals surface area (Å²) in [5.74, 6) is -0.135. The Balaban J connectivity index is 1.37. The Labute approximate surface area is 274 Å². The highest BCUT2D eigenvalue weighted by atomic mass is 16.1. The monoisotopic (exact) mass is 612 g/mol. The number of benzene rings is 5. The van der Waals surface area contributed by atoms with Crippen LogP contribution >= 0.6 is 0 Å². The molecule has 0 spiro atoms. The molecule has 5 aromatic carbocycles. The molecule has 5 heteroatoms. The molecule has 0 saturated heterocycles. The SMILES string of the molecule is O=C(Cn1c[n+](C(c2ccccc2)(c2ccccc2)c2ccccc2)cc1Cc1ccccc1)c1ccn(-c2ccccc2)c(=O)c1. The van der Waals surface area contributed by atoms with Crippen LogP contribution in [0.3, 0.4) is 0 Å². The minimum absolute atomic E-state index is 0.0818. The third kappa shape index (κ3) is 5.87. The molecule has 0 bridgehead atoms. The minimum Gasteiger partial charge on any atom is -0.290 e. The largest absolute Gasteiger partial charge is 0.290 e. The van der Waals surface area contributed by atoms with Crippen LogP contribution in [0.4, 0.5) is 0 Å². The maximum atomic E-state index is 13.9. The van der Waals surface area contributed by atoms with Gasteiger partial charge >= 0.3 is 0 Å². The molecule has 2 aromatic heterocycles. The molecule has 47 heavy (non-hydrogen) atoms. The van der Waals surface area contributed by atoms with Crippen molar-refractivity contribution in [3.63, 3.8) is 0 Å². The molecule has 0 atom stereocenters. The molecular weight excluding hydrogens is 578 g/mol. The summed E-state index contributed by atoms with van der Waals surface area (Å²) in [5.41, 5.74) is 5.59. The fourth-order valence-electron chi connectivity index (χ4n) is 6.46. The van der Waals surface area contributed by atoms with Crippen LogP contribution in [-0.4, -0.2) is 14.9 Å². The average molecular weight is 613 g/mol. The van der Waals surface area contributed by atoms with E-state index in [4.69, 9.17) is 0 Å². The lowest BCUT2D eigenvalue weighted by Gasteiger charge is -2.32. The van der Waals surface area contributed by atoms with Crippen LogP contribution < -0.4 is 10.1 Å². The molecule has 0 fully saturated rings. The second-order valence-electron chi connectivity index (χ2n) is 11.6. The van der Waals surface area contributed by atoms with Gasteiger partial charge in [0.1, 0.15) is 11.9 Å². The Morgan fingerprint density at radius 3 is 1.62 bits per heavy atom. The van der Waals surface area contributed by atoms with Gasteiger partial charge in [-0.2, -0.15) is 0 Å². The molecule has 7 rings (SSSR count). The van der Waals surface area contributed by atoms with Gasteiger partial charge in [0.25, 0.3) is 5.56 Å². The highest BCUT2D eigenvalue weighted by molar-refractivity contribution is 5.95. The molecule has 0 aliphatic heterocycles. The quantitative estimate of drug-likeness (QED) is 0.0929. The average Bonchev–Trinajstić information content (AvgIpc) is 3.52. The zero-order valence-corrected chi connectivity index (χ0v) is 25.9. The zero-order valence-electron chi connectivity index (χ0n) is 25.9. The van der Waals surface area contributed by atoms with E-state index in [-0.39, 0.29) is 17.9 Å². The summed E-state index contributed by atoms with van der Waals surface area (Å²) in [6.45, 7) is 0.0818. The number of rotatable bonds is 10. The van der Waals surface area contributed by atoms with Gasteiger partial charge in [-0.15, -0.1) is 0 Å². The number of hydrogen-bond acceptors (Lipinski definition) is 2. The molecule has 0 amide bonds. The summed E-state index contributed by atoms with van der Waals surface area (Å²) in [5, 5.41) is 0. The van der Waals surface area contributed by atoms with Crippen LogP contribution in [0.1, 0.15) is 38.3 Å². The molecule has 0 saturated carbocycles. The van der Waals surface area contributed by atoms with Gasteiger partial charge in [-0.3, -0.25) is 14.2 Å².